The molecule has 3 aromatic rings. The summed E-state index contributed by atoms with van der Waals surface area (Å²) in [5, 5.41) is 1.17. The summed E-state index contributed by atoms with van der Waals surface area (Å²) in [6.45, 7) is 10.4. The Morgan fingerprint density at radius 2 is 1.60 bits per heavy atom. The minimum atomic E-state index is -4.89. The number of rotatable bonds is 7. The van der Waals surface area contributed by atoms with Crippen LogP contribution in [-0.2, 0) is 19.1 Å². The number of alkyl halides is 3. The van der Waals surface area contributed by atoms with Crippen LogP contribution in [0.4, 0.5) is 19.0 Å². The van der Waals surface area contributed by atoms with Crippen LogP contribution >= 0.6 is 0 Å². The Balaban J connectivity index is 0.000000385. The number of aromatic amines is 1. The number of halogens is 3. The van der Waals surface area contributed by atoms with Crippen LogP contribution in [0.25, 0.3) is 10.9 Å². The van der Waals surface area contributed by atoms with Gasteiger partial charge in [-0.25, -0.2) is 0 Å². The van der Waals surface area contributed by atoms with Crippen molar-refractivity contribution in [2.75, 3.05) is 31.9 Å². The molecule has 0 atom stereocenters. The maximum Gasteiger partial charge on any atom is 0.573 e. The van der Waals surface area contributed by atoms with Gasteiger partial charge in [-0.2, -0.15) is 8.42 Å². The molecule has 2 aliphatic rings. The van der Waals surface area contributed by atoms with Gasteiger partial charge in [-0.15, -0.1) is 13.2 Å². The van der Waals surface area contributed by atoms with Crippen LogP contribution in [0.2, 0.25) is 0 Å². The average Bonchev–Trinajstić information content (AvgIpc) is 3.36. The van der Waals surface area contributed by atoms with Gasteiger partial charge >= 0.3 is 6.36 Å². The monoisotopic (exact) mass is 652 g/mol. The van der Waals surface area contributed by atoms with Crippen molar-refractivity contribution in [2.45, 2.75) is 82.7 Å². The van der Waals surface area contributed by atoms with E-state index in [0.717, 1.165) is 42.6 Å². The number of nitrogen functional groups attached to an aromatic ring is 1. The first-order valence-corrected chi connectivity index (χ1v) is 16.7. The molecular formula is C32H43F3N4O5S. The SMILES string of the molecule is CC(C)OS(=O)(=O)c1ccc(OC(F)(F)F)cc1C1CCC(C(=O)N2CCN(C(C)C)CC2)CC1.Nc1cc2ccccc2[nH]1. The quantitative estimate of drug-likeness (QED) is 0.289. The topological polar surface area (TPSA) is 118 Å². The first-order valence-electron chi connectivity index (χ1n) is 15.3. The van der Waals surface area contributed by atoms with E-state index in [9.17, 15) is 26.4 Å². The highest BCUT2D eigenvalue weighted by molar-refractivity contribution is 7.86. The van der Waals surface area contributed by atoms with E-state index in [0.29, 0.717) is 44.8 Å². The van der Waals surface area contributed by atoms with E-state index in [1.165, 1.54) is 5.39 Å². The van der Waals surface area contributed by atoms with Crippen LogP contribution in [0.1, 0.15) is 64.9 Å². The summed E-state index contributed by atoms with van der Waals surface area (Å²) in [6, 6.07) is 13.6. The molecule has 248 valence electrons. The van der Waals surface area contributed by atoms with Gasteiger partial charge in [0.15, 0.2) is 0 Å². The molecule has 1 saturated heterocycles. The van der Waals surface area contributed by atoms with Crippen molar-refractivity contribution in [3.63, 3.8) is 0 Å². The number of para-hydroxylation sites is 1. The van der Waals surface area contributed by atoms with Gasteiger partial charge in [0.1, 0.15) is 11.6 Å². The molecule has 1 aliphatic carbocycles. The Morgan fingerprint density at radius 1 is 0.956 bits per heavy atom. The predicted octanol–water partition coefficient (Wildman–Crippen LogP) is 6.28. The standard InChI is InChI=1S/C24H35F3N2O5S.C8H8N2/c1-16(2)28-11-13-29(14-12-28)23(30)19-7-5-18(6-8-19)21-15-20(33-24(25,26)27)9-10-22(21)35(31,32)34-17(3)4;9-8-5-6-3-1-2-4-7(6)10-8/h9-10,15-19H,5-8,11-14H2,1-4H3;1-5,10H,9H2. The van der Waals surface area contributed by atoms with Crippen LogP contribution < -0.4 is 10.5 Å². The second kappa shape index (κ2) is 14.4. The number of carbonyl (C=O) groups is 1. The molecule has 2 heterocycles. The number of nitrogens with zero attached hydrogens (tertiary/aromatic N) is 2. The summed E-state index contributed by atoms with van der Waals surface area (Å²) >= 11 is 0. The summed E-state index contributed by atoms with van der Waals surface area (Å²) in [4.78, 5) is 20.2. The third kappa shape index (κ3) is 9.36. The van der Waals surface area contributed by atoms with E-state index in [4.69, 9.17) is 9.92 Å². The van der Waals surface area contributed by atoms with Crippen LogP contribution in [0.5, 0.6) is 5.75 Å². The van der Waals surface area contributed by atoms with E-state index < -0.39 is 28.3 Å². The smallest absolute Gasteiger partial charge is 0.406 e. The number of hydrogen-bond donors (Lipinski definition) is 2. The molecule has 9 nitrogen and oxygen atoms in total. The molecule has 1 aromatic heterocycles. The summed E-state index contributed by atoms with van der Waals surface area (Å²) in [5.41, 5.74) is 6.87. The first-order chi connectivity index (χ1) is 21.1. The van der Waals surface area contributed by atoms with Crippen molar-refractivity contribution < 1.29 is 35.3 Å². The van der Waals surface area contributed by atoms with Gasteiger partial charge in [-0.3, -0.25) is 13.9 Å². The number of amides is 1. The molecule has 13 heteroatoms. The first kappa shape index (κ1) is 34.6. The number of benzene rings is 2. The Morgan fingerprint density at radius 3 is 2.18 bits per heavy atom. The van der Waals surface area contributed by atoms with Crippen molar-refractivity contribution in [3.8, 4) is 5.75 Å². The van der Waals surface area contributed by atoms with Gasteiger partial charge in [-0.1, -0.05) is 18.2 Å². The highest BCUT2D eigenvalue weighted by Crippen LogP contribution is 2.41. The van der Waals surface area contributed by atoms with Crippen LogP contribution in [0.3, 0.4) is 0 Å². The van der Waals surface area contributed by atoms with E-state index >= 15 is 0 Å². The highest BCUT2D eigenvalue weighted by Gasteiger charge is 2.36. The fourth-order valence-electron chi connectivity index (χ4n) is 6.04. The number of fused-ring (bicyclic) bond motifs is 1. The van der Waals surface area contributed by atoms with Crippen molar-refractivity contribution >= 4 is 32.7 Å². The summed E-state index contributed by atoms with van der Waals surface area (Å²) < 4.78 is 73.2. The van der Waals surface area contributed by atoms with Crippen LogP contribution in [-0.4, -0.2) is 73.8 Å². The molecule has 0 bridgehead atoms. The minimum Gasteiger partial charge on any atom is -0.406 e. The third-order valence-corrected chi connectivity index (χ3v) is 9.78. The number of anilines is 1. The molecule has 1 saturated carbocycles. The van der Waals surface area contributed by atoms with Gasteiger partial charge in [0.2, 0.25) is 5.91 Å². The lowest BCUT2D eigenvalue weighted by Crippen LogP contribution is -2.52. The molecule has 0 spiro atoms. The molecule has 0 unspecified atom stereocenters. The maximum atomic E-state index is 13.1. The van der Waals surface area contributed by atoms with Gasteiger partial charge in [0, 0.05) is 49.0 Å². The van der Waals surface area contributed by atoms with Crippen molar-refractivity contribution in [1.29, 1.82) is 0 Å². The fraction of sp³-hybridized carbons (Fsp3) is 0.531. The van der Waals surface area contributed by atoms with E-state index in [2.05, 4.69) is 28.5 Å². The van der Waals surface area contributed by atoms with Crippen molar-refractivity contribution in [1.82, 2.24) is 14.8 Å². The maximum absolute atomic E-state index is 13.1. The summed E-state index contributed by atoms with van der Waals surface area (Å²) in [5.74, 6) is -0.136. The number of carbonyl (C=O) groups excluding carboxylic acids is 1. The second-order valence-corrected chi connectivity index (χ2v) is 13.7. The fourth-order valence-corrected chi connectivity index (χ4v) is 7.40. The zero-order valence-corrected chi connectivity index (χ0v) is 27.0. The van der Waals surface area contributed by atoms with Crippen LogP contribution in [0.15, 0.2) is 53.4 Å². The summed E-state index contributed by atoms with van der Waals surface area (Å²) in [7, 11) is -4.18. The van der Waals surface area contributed by atoms with E-state index in [1.807, 2.05) is 35.2 Å². The molecular weight excluding hydrogens is 609 g/mol. The van der Waals surface area contributed by atoms with Gasteiger partial charge in [0.25, 0.3) is 10.1 Å². The van der Waals surface area contributed by atoms with Crippen molar-refractivity contribution in [2.24, 2.45) is 5.92 Å². The molecule has 2 aromatic carbocycles. The Bertz CT molecular complexity index is 1510. The average molecular weight is 653 g/mol. The number of piperazine rings is 1. The number of nitrogens with one attached hydrogen (secondary N) is 1. The lowest BCUT2D eigenvalue weighted by molar-refractivity contribution is -0.274. The molecule has 3 N–H and O–H groups in total. The molecule has 5 rings (SSSR count). The van der Waals surface area contributed by atoms with Gasteiger partial charge in [0.05, 0.1) is 11.0 Å². The Kier molecular flexibility index (Phi) is 11.1. The lowest BCUT2D eigenvalue weighted by Gasteiger charge is -2.39. The third-order valence-electron chi connectivity index (χ3n) is 8.23. The minimum absolute atomic E-state index is 0.108. The normalized spacial score (nSPS) is 19.9. The van der Waals surface area contributed by atoms with Crippen molar-refractivity contribution in [3.05, 3.63) is 54.1 Å². The summed E-state index contributed by atoms with van der Waals surface area (Å²) in [6.07, 6.45) is -3.45. The zero-order valence-electron chi connectivity index (χ0n) is 26.1. The van der Waals surface area contributed by atoms with E-state index in [-0.39, 0.29) is 28.2 Å². The molecule has 0 radical (unpaired) electrons. The van der Waals surface area contributed by atoms with Gasteiger partial charge in [-0.05, 0) is 95.2 Å². The van der Waals surface area contributed by atoms with E-state index in [1.54, 1.807) is 13.8 Å². The molecule has 45 heavy (non-hydrogen) atoms. The van der Waals surface area contributed by atoms with Crippen LogP contribution in [0, 0.1) is 5.92 Å². The number of aromatic nitrogens is 1. The highest BCUT2D eigenvalue weighted by atomic mass is 32.2. The zero-order chi connectivity index (χ0) is 32.9. The lowest BCUT2D eigenvalue weighted by atomic mass is 9.78. The van der Waals surface area contributed by atoms with Gasteiger partial charge < -0.3 is 20.4 Å². The number of H-pyrrole nitrogens is 1. The predicted molar refractivity (Wildman–Crippen MR) is 167 cm³/mol. The number of nitrogens with two attached hydrogens (primary N) is 1. The molecule has 1 aliphatic heterocycles. The Hall–Kier alpha value is -3.29. The molecule has 1 amide bonds. The second-order valence-electron chi connectivity index (χ2n) is 12.2. The largest absolute Gasteiger partial charge is 0.573 e. The number of hydrogen-bond acceptors (Lipinski definition) is 7. The molecule has 2 fully saturated rings. The number of ether oxygens (including phenoxy) is 1. The Labute approximate surface area is 263 Å².